The molecule has 0 spiro atoms. The molecule has 0 saturated carbocycles. The van der Waals surface area contributed by atoms with Gasteiger partial charge in [0.2, 0.25) is 0 Å². The molecule has 0 aliphatic heterocycles. The van der Waals surface area contributed by atoms with E-state index in [1.165, 1.54) is 0 Å². The first-order valence-corrected chi connectivity index (χ1v) is 4.01. The summed E-state index contributed by atoms with van der Waals surface area (Å²) in [7, 11) is 0. The fourth-order valence-corrected chi connectivity index (χ4v) is 0.750. The summed E-state index contributed by atoms with van der Waals surface area (Å²) in [5.74, 6) is -2.05. The Morgan fingerprint density at radius 3 is 2.38 bits per heavy atom. The number of carbonyl (C=O) groups is 2. The van der Waals surface area contributed by atoms with Crippen LogP contribution in [0.25, 0.3) is 0 Å². The van der Waals surface area contributed by atoms with Crippen molar-refractivity contribution in [2.24, 2.45) is 0 Å². The molecule has 0 unspecified atom stereocenters. The van der Waals surface area contributed by atoms with Gasteiger partial charge < -0.3 is 10.2 Å². The second-order valence-electron chi connectivity index (χ2n) is 2.50. The highest BCUT2D eigenvalue weighted by atomic mass is 16.4. The maximum atomic E-state index is 10.5. The van der Waals surface area contributed by atoms with Crippen molar-refractivity contribution in [1.29, 1.82) is 0 Å². The van der Waals surface area contributed by atoms with Crippen molar-refractivity contribution >= 4 is 11.9 Å². The van der Waals surface area contributed by atoms with E-state index in [9.17, 15) is 9.59 Å². The number of hydrogen-bond donors (Lipinski definition) is 4. The van der Waals surface area contributed by atoms with Gasteiger partial charge in [0.25, 0.3) is 0 Å². The first-order valence-electron chi connectivity index (χ1n) is 4.01. The van der Waals surface area contributed by atoms with E-state index in [2.05, 4.69) is 10.9 Å². The van der Waals surface area contributed by atoms with Gasteiger partial charge in [-0.2, -0.15) is 0 Å². The number of carboxylic acids is 2. The summed E-state index contributed by atoms with van der Waals surface area (Å²) in [6, 6.07) is -0.851. The molecule has 0 amide bonds. The molecule has 0 rings (SSSR count). The zero-order valence-corrected chi connectivity index (χ0v) is 7.41. The fraction of sp³-hybridized carbons (Fsp3) is 0.714. The van der Waals surface area contributed by atoms with Gasteiger partial charge in [0, 0.05) is 13.0 Å². The Hall–Kier alpha value is -1.14. The van der Waals surface area contributed by atoms with E-state index in [0.29, 0.717) is 6.54 Å². The van der Waals surface area contributed by atoms with Crippen LogP contribution < -0.4 is 10.9 Å². The second-order valence-corrected chi connectivity index (χ2v) is 2.50. The van der Waals surface area contributed by atoms with Crippen molar-refractivity contribution in [2.75, 3.05) is 6.54 Å². The Balaban J connectivity index is 3.80. The predicted octanol–water partition coefficient (Wildman–Crippen LogP) is -0.581. The quantitative estimate of drug-likeness (QED) is 0.401. The molecule has 0 heterocycles. The lowest BCUT2D eigenvalue weighted by molar-refractivity contribution is -0.141. The van der Waals surface area contributed by atoms with Crippen LogP contribution in [0.4, 0.5) is 0 Å². The zero-order valence-electron chi connectivity index (χ0n) is 7.41. The van der Waals surface area contributed by atoms with Crippen molar-refractivity contribution in [1.82, 2.24) is 10.9 Å². The van der Waals surface area contributed by atoms with E-state index in [0.717, 1.165) is 0 Å². The van der Waals surface area contributed by atoms with Crippen molar-refractivity contribution in [2.45, 2.75) is 25.8 Å². The maximum Gasteiger partial charge on any atom is 0.322 e. The third-order valence-electron chi connectivity index (χ3n) is 1.40. The van der Waals surface area contributed by atoms with E-state index in [4.69, 9.17) is 10.2 Å². The minimum Gasteiger partial charge on any atom is -0.481 e. The molecular weight excluding hydrogens is 176 g/mol. The molecule has 13 heavy (non-hydrogen) atoms. The number of nitrogens with one attached hydrogen (secondary N) is 2. The lowest BCUT2D eigenvalue weighted by Gasteiger charge is -2.12. The van der Waals surface area contributed by atoms with Gasteiger partial charge in [0.05, 0.1) is 0 Å². The van der Waals surface area contributed by atoms with E-state index in [1.54, 1.807) is 0 Å². The lowest BCUT2D eigenvalue weighted by Crippen LogP contribution is -2.45. The molecule has 0 aliphatic rings. The smallest absolute Gasteiger partial charge is 0.322 e. The SMILES string of the molecule is CCNN[C@@H](CCC(=O)O)C(=O)O. The van der Waals surface area contributed by atoms with Gasteiger partial charge in [-0.05, 0) is 6.42 Å². The molecule has 0 aromatic heterocycles. The predicted molar refractivity (Wildman–Crippen MR) is 45.1 cm³/mol. The summed E-state index contributed by atoms with van der Waals surface area (Å²) in [5.41, 5.74) is 5.14. The minimum atomic E-state index is -1.05. The molecule has 0 saturated heterocycles. The molecular formula is C7H14N2O4. The average Bonchev–Trinajstić information content (AvgIpc) is 2.03. The fourth-order valence-electron chi connectivity index (χ4n) is 0.750. The molecule has 0 fully saturated rings. The average molecular weight is 190 g/mol. The summed E-state index contributed by atoms with van der Waals surface area (Å²) < 4.78 is 0. The maximum absolute atomic E-state index is 10.5. The summed E-state index contributed by atoms with van der Waals surface area (Å²) in [6.45, 7) is 2.39. The van der Waals surface area contributed by atoms with Gasteiger partial charge in [-0.25, -0.2) is 5.43 Å². The van der Waals surface area contributed by atoms with Crippen molar-refractivity contribution in [3.05, 3.63) is 0 Å². The number of rotatable bonds is 7. The van der Waals surface area contributed by atoms with Gasteiger partial charge in [-0.1, -0.05) is 6.92 Å². The Kier molecular flexibility index (Phi) is 5.82. The van der Waals surface area contributed by atoms with Gasteiger partial charge in [0.1, 0.15) is 6.04 Å². The summed E-state index contributed by atoms with van der Waals surface area (Å²) in [4.78, 5) is 20.7. The molecule has 0 aromatic rings. The molecule has 76 valence electrons. The topological polar surface area (TPSA) is 98.7 Å². The molecule has 4 N–H and O–H groups in total. The molecule has 6 heteroatoms. The standard InChI is InChI=1S/C7H14N2O4/c1-2-8-9-5(7(12)13)3-4-6(10)11/h5,8-9H,2-4H2,1H3,(H,10,11)(H,12,13)/t5-/m0/s1. The first-order chi connectivity index (χ1) is 6.07. The first kappa shape index (κ1) is 11.9. The van der Waals surface area contributed by atoms with Gasteiger partial charge in [-0.3, -0.25) is 15.0 Å². The van der Waals surface area contributed by atoms with Crippen molar-refractivity contribution in [3.63, 3.8) is 0 Å². The highest BCUT2D eigenvalue weighted by molar-refractivity contribution is 5.74. The third-order valence-corrected chi connectivity index (χ3v) is 1.40. The minimum absolute atomic E-state index is 0.0671. The van der Waals surface area contributed by atoms with Crippen LogP contribution in [0, 0.1) is 0 Å². The van der Waals surface area contributed by atoms with Crippen LogP contribution in [0.3, 0.4) is 0 Å². The molecule has 1 atom stereocenters. The van der Waals surface area contributed by atoms with Crippen LogP contribution in [0.5, 0.6) is 0 Å². The lowest BCUT2D eigenvalue weighted by atomic mass is 10.2. The second kappa shape index (κ2) is 6.38. The highest BCUT2D eigenvalue weighted by Crippen LogP contribution is 1.96. The summed E-state index contributed by atoms with van der Waals surface area (Å²) in [6.07, 6.45) is -0.0903. The van der Waals surface area contributed by atoms with Gasteiger partial charge in [0.15, 0.2) is 0 Å². The molecule has 0 bridgehead atoms. The van der Waals surface area contributed by atoms with E-state index >= 15 is 0 Å². The van der Waals surface area contributed by atoms with E-state index in [1.807, 2.05) is 6.92 Å². The monoisotopic (exact) mass is 190 g/mol. The Morgan fingerprint density at radius 2 is 2.00 bits per heavy atom. The van der Waals surface area contributed by atoms with E-state index in [-0.39, 0.29) is 12.8 Å². The van der Waals surface area contributed by atoms with Crippen LogP contribution in [0.2, 0.25) is 0 Å². The normalized spacial score (nSPS) is 12.4. The summed E-state index contributed by atoms with van der Waals surface area (Å²) in [5, 5.41) is 16.9. The van der Waals surface area contributed by atoms with Gasteiger partial charge >= 0.3 is 11.9 Å². The number of carboxylic acid groups (broad SMARTS) is 2. The summed E-state index contributed by atoms with van der Waals surface area (Å²) >= 11 is 0. The number of hydrazine groups is 1. The van der Waals surface area contributed by atoms with Crippen LogP contribution >= 0.6 is 0 Å². The zero-order chi connectivity index (χ0) is 10.3. The Bertz CT molecular complexity index is 183. The van der Waals surface area contributed by atoms with Gasteiger partial charge in [-0.15, -0.1) is 0 Å². The Morgan fingerprint density at radius 1 is 1.38 bits per heavy atom. The molecule has 0 radical (unpaired) electrons. The van der Waals surface area contributed by atoms with Crippen LogP contribution in [0.15, 0.2) is 0 Å². The van der Waals surface area contributed by atoms with Crippen LogP contribution in [0.1, 0.15) is 19.8 Å². The number of aliphatic carboxylic acids is 2. The number of hydrogen-bond acceptors (Lipinski definition) is 4. The largest absolute Gasteiger partial charge is 0.481 e. The molecule has 6 nitrogen and oxygen atoms in total. The molecule has 0 aromatic carbocycles. The van der Waals surface area contributed by atoms with Crippen LogP contribution in [-0.2, 0) is 9.59 Å². The highest BCUT2D eigenvalue weighted by Gasteiger charge is 2.17. The van der Waals surface area contributed by atoms with E-state index < -0.39 is 18.0 Å². The molecule has 0 aliphatic carbocycles. The van der Waals surface area contributed by atoms with Crippen molar-refractivity contribution in [3.8, 4) is 0 Å². The van der Waals surface area contributed by atoms with Crippen LogP contribution in [-0.4, -0.2) is 34.7 Å². The Labute approximate surface area is 75.9 Å². The van der Waals surface area contributed by atoms with Crippen molar-refractivity contribution < 1.29 is 19.8 Å². The third kappa shape index (κ3) is 6.06.